The third kappa shape index (κ3) is 4.36. The topological polar surface area (TPSA) is 55.4 Å². The molecule has 4 nitrogen and oxygen atoms in total. The number of ether oxygens (including phenoxy) is 1. The van der Waals surface area contributed by atoms with E-state index in [1.165, 1.54) is 7.11 Å². The Kier molecular flexibility index (Phi) is 5.82. The van der Waals surface area contributed by atoms with Crippen LogP contribution in [0.5, 0.6) is 0 Å². The van der Waals surface area contributed by atoms with Crippen molar-refractivity contribution >= 4 is 29.3 Å². The highest BCUT2D eigenvalue weighted by atomic mass is 32.2. The van der Waals surface area contributed by atoms with Gasteiger partial charge < -0.3 is 10.1 Å². The van der Waals surface area contributed by atoms with Crippen molar-refractivity contribution in [3.8, 4) is 0 Å². The fourth-order valence-corrected chi connectivity index (χ4v) is 3.03. The first-order valence-electron chi connectivity index (χ1n) is 7.27. The van der Waals surface area contributed by atoms with Gasteiger partial charge in [-0.05, 0) is 24.3 Å². The number of amides is 1. The Balaban J connectivity index is 2.29. The van der Waals surface area contributed by atoms with Crippen molar-refractivity contribution in [1.29, 1.82) is 0 Å². The fraction of sp³-hybridized carbons (Fsp3) is 0.222. The van der Waals surface area contributed by atoms with E-state index in [1.807, 2.05) is 18.2 Å². The average Bonchev–Trinajstić information content (AvgIpc) is 2.54. The Morgan fingerprint density at radius 1 is 1.00 bits per heavy atom. The second kappa shape index (κ2) is 7.83. The smallest absolute Gasteiger partial charge is 0.339 e. The van der Waals surface area contributed by atoms with Crippen molar-refractivity contribution in [2.75, 3.05) is 12.4 Å². The SMILES string of the molecule is COC(=O)c1ccccc1NC(=O)c1ccccc1SC(C)C. The standard InChI is InChI=1S/C18H19NO3S/c1-12(2)23-16-11-7-5-9-14(16)17(20)19-15-10-6-4-8-13(15)18(21)22-3/h4-12H,1-3H3,(H,19,20). The summed E-state index contributed by atoms with van der Waals surface area (Å²) in [5.41, 5.74) is 1.36. The van der Waals surface area contributed by atoms with Crippen LogP contribution in [0.2, 0.25) is 0 Å². The van der Waals surface area contributed by atoms with Gasteiger partial charge >= 0.3 is 5.97 Å². The number of rotatable bonds is 5. The summed E-state index contributed by atoms with van der Waals surface area (Å²) < 4.78 is 4.75. The number of methoxy groups -OCH3 is 1. The van der Waals surface area contributed by atoms with Crippen molar-refractivity contribution in [3.05, 3.63) is 59.7 Å². The second-order valence-corrected chi connectivity index (χ2v) is 6.77. The van der Waals surface area contributed by atoms with Crippen LogP contribution in [0.15, 0.2) is 53.4 Å². The van der Waals surface area contributed by atoms with Crippen LogP contribution in [0, 0.1) is 0 Å². The lowest BCUT2D eigenvalue weighted by Crippen LogP contribution is -2.16. The van der Waals surface area contributed by atoms with Gasteiger partial charge in [0.25, 0.3) is 5.91 Å². The van der Waals surface area contributed by atoms with E-state index in [0.29, 0.717) is 22.1 Å². The van der Waals surface area contributed by atoms with E-state index >= 15 is 0 Å². The molecule has 0 atom stereocenters. The van der Waals surface area contributed by atoms with Crippen LogP contribution < -0.4 is 5.32 Å². The Labute approximate surface area is 140 Å². The van der Waals surface area contributed by atoms with E-state index in [0.717, 1.165) is 4.90 Å². The van der Waals surface area contributed by atoms with Gasteiger partial charge in [0.2, 0.25) is 0 Å². The lowest BCUT2D eigenvalue weighted by atomic mass is 10.1. The number of esters is 1. The number of carbonyl (C=O) groups excluding carboxylic acids is 2. The molecule has 0 fully saturated rings. The average molecular weight is 329 g/mol. The molecule has 120 valence electrons. The van der Waals surface area contributed by atoms with Gasteiger partial charge in [-0.2, -0.15) is 0 Å². The van der Waals surface area contributed by atoms with Crippen molar-refractivity contribution < 1.29 is 14.3 Å². The monoisotopic (exact) mass is 329 g/mol. The lowest BCUT2D eigenvalue weighted by molar-refractivity contribution is 0.0602. The molecule has 0 unspecified atom stereocenters. The summed E-state index contributed by atoms with van der Waals surface area (Å²) in [5.74, 6) is -0.726. The molecule has 1 N–H and O–H groups in total. The number of para-hydroxylation sites is 1. The summed E-state index contributed by atoms with van der Waals surface area (Å²) in [7, 11) is 1.31. The number of carbonyl (C=O) groups is 2. The van der Waals surface area contributed by atoms with Gasteiger partial charge in [0.15, 0.2) is 0 Å². The molecule has 0 heterocycles. The van der Waals surface area contributed by atoms with E-state index in [4.69, 9.17) is 4.74 Å². The van der Waals surface area contributed by atoms with Crippen LogP contribution in [-0.4, -0.2) is 24.2 Å². The minimum atomic E-state index is -0.481. The summed E-state index contributed by atoms with van der Waals surface area (Å²) in [6.07, 6.45) is 0. The van der Waals surface area contributed by atoms with Crippen LogP contribution in [0.1, 0.15) is 34.6 Å². The largest absolute Gasteiger partial charge is 0.465 e. The quantitative estimate of drug-likeness (QED) is 0.659. The number of anilines is 1. The van der Waals surface area contributed by atoms with Crippen LogP contribution in [0.4, 0.5) is 5.69 Å². The molecular formula is C18H19NO3S. The molecule has 0 saturated heterocycles. The molecule has 5 heteroatoms. The number of thioether (sulfide) groups is 1. The molecule has 1 amide bonds. The van der Waals surface area contributed by atoms with Crippen molar-refractivity contribution in [1.82, 2.24) is 0 Å². The molecule has 0 bridgehead atoms. The highest BCUT2D eigenvalue weighted by Crippen LogP contribution is 2.27. The molecule has 0 aliphatic carbocycles. The molecular weight excluding hydrogens is 310 g/mol. The third-order valence-electron chi connectivity index (χ3n) is 3.07. The normalized spacial score (nSPS) is 10.4. The highest BCUT2D eigenvalue weighted by Gasteiger charge is 2.16. The Bertz CT molecular complexity index is 713. The maximum Gasteiger partial charge on any atom is 0.339 e. The molecule has 2 aromatic rings. The predicted octanol–water partition coefficient (Wildman–Crippen LogP) is 4.23. The Morgan fingerprint density at radius 3 is 2.26 bits per heavy atom. The summed E-state index contributed by atoms with van der Waals surface area (Å²) in [6, 6.07) is 14.2. The highest BCUT2D eigenvalue weighted by molar-refractivity contribution is 8.00. The van der Waals surface area contributed by atoms with E-state index in [2.05, 4.69) is 19.2 Å². The fourth-order valence-electron chi connectivity index (χ4n) is 2.08. The van der Waals surface area contributed by atoms with Gasteiger partial charge in [0.05, 0.1) is 23.9 Å². The molecule has 0 spiro atoms. The van der Waals surface area contributed by atoms with Crippen LogP contribution in [-0.2, 0) is 4.74 Å². The zero-order valence-electron chi connectivity index (χ0n) is 13.3. The van der Waals surface area contributed by atoms with Crippen LogP contribution >= 0.6 is 11.8 Å². The summed E-state index contributed by atoms with van der Waals surface area (Å²) >= 11 is 1.63. The molecule has 0 aliphatic rings. The molecule has 2 aromatic carbocycles. The van der Waals surface area contributed by atoms with E-state index in [9.17, 15) is 9.59 Å². The minimum absolute atomic E-state index is 0.245. The number of hydrogen-bond donors (Lipinski definition) is 1. The van der Waals surface area contributed by atoms with Gasteiger partial charge in [-0.3, -0.25) is 4.79 Å². The molecule has 0 saturated carbocycles. The Hall–Kier alpha value is -2.27. The number of hydrogen-bond acceptors (Lipinski definition) is 4. The number of nitrogens with one attached hydrogen (secondary N) is 1. The third-order valence-corrected chi connectivity index (χ3v) is 4.16. The molecule has 0 aromatic heterocycles. The molecule has 0 radical (unpaired) electrons. The van der Waals surface area contributed by atoms with E-state index in [1.54, 1.807) is 42.1 Å². The van der Waals surface area contributed by atoms with Gasteiger partial charge in [-0.15, -0.1) is 11.8 Å². The first kappa shape index (κ1) is 17.1. The van der Waals surface area contributed by atoms with Gasteiger partial charge in [-0.1, -0.05) is 38.1 Å². The van der Waals surface area contributed by atoms with Gasteiger partial charge in [0, 0.05) is 10.1 Å². The first-order chi connectivity index (χ1) is 11.0. The van der Waals surface area contributed by atoms with E-state index in [-0.39, 0.29) is 5.91 Å². The predicted molar refractivity (Wildman–Crippen MR) is 93.2 cm³/mol. The molecule has 2 rings (SSSR count). The minimum Gasteiger partial charge on any atom is -0.465 e. The zero-order chi connectivity index (χ0) is 16.8. The van der Waals surface area contributed by atoms with Crippen molar-refractivity contribution in [2.24, 2.45) is 0 Å². The maximum atomic E-state index is 12.6. The van der Waals surface area contributed by atoms with Gasteiger partial charge in [0.1, 0.15) is 0 Å². The van der Waals surface area contributed by atoms with Gasteiger partial charge in [-0.25, -0.2) is 4.79 Å². The second-order valence-electron chi connectivity index (χ2n) is 5.15. The molecule has 23 heavy (non-hydrogen) atoms. The van der Waals surface area contributed by atoms with Crippen LogP contribution in [0.25, 0.3) is 0 Å². The summed E-state index contributed by atoms with van der Waals surface area (Å²) in [5, 5.41) is 3.17. The zero-order valence-corrected chi connectivity index (χ0v) is 14.1. The van der Waals surface area contributed by atoms with Crippen molar-refractivity contribution in [2.45, 2.75) is 24.0 Å². The molecule has 0 aliphatic heterocycles. The summed E-state index contributed by atoms with van der Waals surface area (Å²) in [6.45, 7) is 4.15. The van der Waals surface area contributed by atoms with Crippen molar-refractivity contribution in [3.63, 3.8) is 0 Å². The first-order valence-corrected chi connectivity index (χ1v) is 8.15. The number of benzene rings is 2. The maximum absolute atomic E-state index is 12.6. The van der Waals surface area contributed by atoms with Crippen LogP contribution in [0.3, 0.4) is 0 Å². The lowest BCUT2D eigenvalue weighted by Gasteiger charge is -2.13. The summed E-state index contributed by atoms with van der Waals surface area (Å²) in [4.78, 5) is 25.3. The Morgan fingerprint density at radius 2 is 1.61 bits per heavy atom. The van der Waals surface area contributed by atoms with E-state index < -0.39 is 5.97 Å².